The molecule has 0 saturated heterocycles. The van der Waals surface area contributed by atoms with Crippen molar-refractivity contribution in [3.8, 4) is 0 Å². The van der Waals surface area contributed by atoms with Crippen LogP contribution in [0, 0.1) is 5.92 Å². The summed E-state index contributed by atoms with van der Waals surface area (Å²) in [6, 6.07) is 0. The van der Waals surface area contributed by atoms with E-state index in [1.807, 2.05) is 21.1 Å². The third-order valence-electron chi connectivity index (χ3n) is 4.75. The second-order valence-corrected chi connectivity index (χ2v) is 10.6. The number of phosphoric ester groups is 1. The van der Waals surface area contributed by atoms with Crippen molar-refractivity contribution in [2.24, 2.45) is 5.92 Å². The van der Waals surface area contributed by atoms with Gasteiger partial charge in [-0.1, -0.05) is 58.3 Å². The fourth-order valence-corrected chi connectivity index (χ4v) is 3.53. The SMILES string of the molecule is CCCCCCCCCCC(COC(=O)N(C)C)COP(=O)([O-])OCC[N+](C)(C)C. The number of hydrogen-bond donors (Lipinski definition) is 0. The highest BCUT2D eigenvalue weighted by molar-refractivity contribution is 7.45. The van der Waals surface area contributed by atoms with Gasteiger partial charge in [-0.2, -0.15) is 0 Å². The summed E-state index contributed by atoms with van der Waals surface area (Å²) in [5.41, 5.74) is 0. The van der Waals surface area contributed by atoms with Gasteiger partial charge in [0.1, 0.15) is 13.2 Å². The predicted molar refractivity (Wildman–Crippen MR) is 118 cm³/mol. The molecule has 0 spiro atoms. The maximum atomic E-state index is 12.0. The molecule has 8 nitrogen and oxygen atoms in total. The van der Waals surface area contributed by atoms with E-state index in [1.54, 1.807) is 14.1 Å². The van der Waals surface area contributed by atoms with Crippen LogP contribution in [0.15, 0.2) is 0 Å². The first-order valence-corrected chi connectivity index (χ1v) is 12.7. The molecule has 0 rings (SSSR count). The van der Waals surface area contributed by atoms with E-state index < -0.39 is 13.9 Å². The lowest BCUT2D eigenvalue weighted by Gasteiger charge is -2.28. The number of carbonyl (C=O) groups is 1. The molecule has 0 radical (unpaired) electrons. The molecule has 0 aliphatic heterocycles. The average Bonchev–Trinajstić information content (AvgIpc) is 2.63. The zero-order valence-corrected chi connectivity index (χ0v) is 21.0. The standard InChI is InChI=1S/C21H45N2O6P/c1-7-8-9-10-11-12-13-14-15-20(18-27-21(24)22(2)3)19-29-30(25,26)28-17-16-23(4,5)6/h20H,7-19H2,1-6H3. The predicted octanol–water partition coefficient (Wildman–Crippen LogP) is 4.04. The Morgan fingerprint density at radius 2 is 1.53 bits per heavy atom. The molecule has 0 bridgehead atoms. The molecular weight excluding hydrogens is 407 g/mol. The normalized spacial score (nSPS) is 14.9. The van der Waals surface area contributed by atoms with Gasteiger partial charge in [0.2, 0.25) is 0 Å². The Morgan fingerprint density at radius 1 is 0.967 bits per heavy atom. The van der Waals surface area contributed by atoms with Crippen molar-refractivity contribution in [1.82, 2.24) is 4.90 Å². The number of carbonyl (C=O) groups excluding carboxylic acids is 1. The molecule has 0 aliphatic rings. The Hall–Kier alpha value is -0.660. The summed E-state index contributed by atoms with van der Waals surface area (Å²) in [4.78, 5) is 25.1. The van der Waals surface area contributed by atoms with Gasteiger partial charge in [-0.25, -0.2) is 4.79 Å². The molecule has 0 aromatic heterocycles. The molecule has 0 saturated carbocycles. The summed E-state index contributed by atoms with van der Waals surface area (Å²) in [5, 5.41) is 0. The highest BCUT2D eigenvalue weighted by atomic mass is 31.2. The third-order valence-corrected chi connectivity index (χ3v) is 5.72. The van der Waals surface area contributed by atoms with Gasteiger partial charge in [0.05, 0.1) is 34.4 Å². The highest BCUT2D eigenvalue weighted by Crippen LogP contribution is 2.39. The molecular formula is C21H45N2O6P. The van der Waals surface area contributed by atoms with Crippen LogP contribution in [0.5, 0.6) is 0 Å². The Bertz CT molecular complexity index is 496. The Morgan fingerprint density at radius 3 is 2.07 bits per heavy atom. The Balaban J connectivity index is 4.37. The lowest BCUT2D eigenvalue weighted by atomic mass is 10.0. The maximum Gasteiger partial charge on any atom is 0.409 e. The van der Waals surface area contributed by atoms with Crippen LogP contribution in [-0.2, 0) is 18.3 Å². The number of rotatable bonds is 18. The smallest absolute Gasteiger partial charge is 0.409 e. The van der Waals surface area contributed by atoms with Gasteiger partial charge in [0, 0.05) is 20.0 Å². The minimum atomic E-state index is -4.37. The molecule has 0 heterocycles. The highest BCUT2D eigenvalue weighted by Gasteiger charge is 2.18. The molecule has 9 heteroatoms. The first-order chi connectivity index (χ1) is 14.0. The number of nitrogens with zero attached hydrogens (tertiary/aromatic N) is 2. The van der Waals surface area contributed by atoms with Gasteiger partial charge in [0.15, 0.2) is 0 Å². The summed E-state index contributed by atoms with van der Waals surface area (Å²) in [7, 11) is 4.72. The van der Waals surface area contributed by atoms with Gasteiger partial charge in [-0.05, 0) is 6.42 Å². The lowest BCUT2D eigenvalue weighted by molar-refractivity contribution is -0.870. The minimum Gasteiger partial charge on any atom is -0.756 e. The molecule has 0 N–H and O–H groups in total. The molecule has 30 heavy (non-hydrogen) atoms. The number of ether oxygens (including phenoxy) is 1. The fourth-order valence-electron chi connectivity index (χ4n) is 2.76. The summed E-state index contributed by atoms with van der Waals surface area (Å²) in [6.07, 6.45) is 9.83. The van der Waals surface area contributed by atoms with Crippen molar-refractivity contribution in [3.63, 3.8) is 0 Å². The third kappa shape index (κ3) is 18.1. The van der Waals surface area contributed by atoms with Crippen molar-refractivity contribution in [2.45, 2.75) is 64.7 Å². The average molecular weight is 453 g/mol. The van der Waals surface area contributed by atoms with Gasteiger partial charge in [-0.15, -0.1) is 0 Å². The summed E-state index contributed by atoms with van der Waals surface area (Å²) in [5.74, 6) is -0.182. The van der Waals surface area contributed by atoms with Gasteiger partial charge in [0.25, 0.3) is 7.82 Å². The van der Waals surface area contributed by atoms with Crippen molar-refractivity contribution in [2.75, 3.05) is 61.6 Å². The zero-order valence-electron chi connectivity index (χ0n) is 20.1. The Labute approximate surface area is 184 Å². The van der Waals surface area contributed by atoms with Gasteiger partial charge < -0.3 is 28.1 Å². The van der Waals surface area contributed by atoms with Crippen LogP contribution in [0.3, 0.4) is 0 Å². The molecule has 0 aromatic carbocycles. The summed E-state index contributed by atoms with van der Waals surface area (Å²) >= 11 is 0. The van der Waals surface area contributed by atoms with Crippen LogP contribution < -0.4 is 4.89 Å². The molecule has 0 aromatic rings. The quantitative estimate of drug-likeness (QED) is 0.177. The van der Waals surface area contributed by atoms with E-state index in [2.05, 4.69) is 6.92 Å². The molecule has 0 aliphatic carbocycles. The first kappa shape index (κ1) is 29.3. The topological polar surface area (TPSA) is 88.1 Å². The van der Waals surface area contributed by atoms with Gasteiger partial charge in [-0.3, -0.25) is 4.57 Å². The van der Waals surface area contributed by atoms with E-state index in [4.69, 9.17) is 13.8 Å². The minimum absolute atomic E-state index is 0.0393. The van der Waals surface area contributed by atoms with E-state index in [1.165, 1.54) is 43.4 Å². The largest absolute Gasteiger partial charge is 0.756 e. The van der Waals surface area contributed by atoms with E-state index in [9.17, 15) is 14.3 Å². The van der Waals surface area contributed by atoms with Crippen molar-refractivity contribution < 1.29 is 32.5 Å². The summed E-state index contributed by atoms with van der Waals surface area (Å²) < 4.78 is 27.9. The number of quaternary nitrogens is 1. The van der Waals surface area contributed by atoms with Crippen molar-refractivity contribution in [1.29, 1.82) is 0 Å². The number of unbranched alkanes of at least 4 members (excludes halogenated alkanes) is 7. The van der Waals surface area contributed by atoms with E-state index in [-0.39, 0.29) is 25.7 Å². The van der Waals surface area contributed by atoms with Crippen LogP contribution >= 0.6 is 7.82 Å². The molecule has 180 valence electrons. The number of hydrogen-bond acceptors (Lipinski definition) is 6. The molecule has 0 fully saturated rings. The number of amides is 1. The molecule has 2 atom stereocenters. The maximum absolute atomic E-state index is 12.0. The van der Waals surface area contributed by atoms with Crippen LogP contribution in [0.1, 0.15) is 64.7 Å². The van der Waals surface area contributed by atoms with E-state index in [0.29, 0.717) is 11.0 Å². The monoisotopic (exact) mass is 452 g/mol. The van der Waals surface area contributed by atoms with Crippen LogP contribution in [0.2, 0.25) is 0 Å². The van der Waals surface area contributed by atoms with Crippen LogP contribution in [0.4, 0.5) is 4.79 Å². The van der Waals surface area contributed by atoms with Crippen LogP contribution in [-0.4, -0.2) is 77.1 Å². The Kier molecular flexibility index (Phi) is 15.7. The van der Waals surface area contributed by atoms with Crippen molar-refractivity contribution in [3.05, 3.63) is 0 Å². The zero-order chi connectivity index (χ0) is 23.0. The van der Waals surface area contributed by atoms with E-state index >= 15 is 0 Å². The number of phosphoric acid groups is 1. The molecule has 2 unspecified atom stereocenters. The summed E-state index contributed by atoms with van der Waals surface area (Å²) in [6.45, 7) is 2.93. The fraction of sp³-hybridized carbons (Fsp3) is 0.952. The first-order valence-electron chi connectivity index (χ1n) is 11.2. The van der Waals surface area contributed by atoms with Gasteiger partial charge >= 0.3 is 6.09 Å². The lowest BCUT2D eigenvalue weighted by Crippen LogP contribution is -2.37. The van der Waals surface area contributed by atoms with E-state index in [0.717, 1.165) is 19.3 Å². The van der Waals surface area contributed by atoms with Crippen LogP contribution in [0.25, 0.3) is 0 Å². The van der Waals surface area contributed by atoms with Crippen molar-refractivity contribution >= 4 is 13.9 Å². The second-order valence-electron chi connectivity index (χ2n) is 9.19. The molecule has 1 amide bonds. The number of likely N-dealkylation sites (N-methyl/N-ethyl adjacent to an activating group) is 1. The second kappa shape index (κ2) is 16.0.